The summed E-state index contributed by atoms with van der Waals surface area (Å²) in [5.41, 5.74) is 5.77. The van der Waals surface area contributed by atoms with Gasteiger partial charge in [0, 0.05) is 12.6 Å². The van der Waals surface area contributed by atoms with Crippen molar-refractivity contribution >= 4 is 5.91 Å². The number of amides is 1. The fraction of sp³-hybridized carbons (Fsp3) is 0.750. The number of morpholine rings is 1. The van der Waals surface area contributed by atoms with Gasteiger partial charge in [-0.05, 0) is 20.3 Å². The maximum Gasteiger partial charge on any atom is 0.229 e. The third-order valence-electron chi connectivity index (χ3n) is 3.32. The summed E-state index contributed by atoms with van der Waals surface area (Å²) in [4.78, 5) is 14.2. The highest BCUT2D eigenvalue weighted by Crippen LogP contribution is 2.22. The minimum Gasteiger partial charge on any atom is -0.375 e. The van der Waals surface area contributed by atoms with Gasteiger partial charge in [0.2, 0.25) is 5.91 Å². The molecular formula is C12H20N2O2. The molecule has 0 aromatic rings. The Bertz CT molecular complexity index is 303. The molecule has 0 bridgehead atoms. The number of hydrogen-bond acceptors (Lipinski definition) is 3. The van der Waals surface area contributed by atoms with Gasteiger partial charge in [-0.25, -0.2) is 0 Å². The van der Waals surface area contributed by atoms with Crippen LogP contribution in [0.2, 0.25) is 0 Å². The van der Waals surface area contributed by atoms with E-state index in [1.54, 1.807) is 0 Å². The van der Waals surface area contributed by atoms with Crippen LogP contribution in [0.3, 0.4) is 0 Å². The molecule has 2 aliphatic rings. The van der Waals surface area contributed by atoms with Gasteiger partial charge in [0.1, 0.15) is 0 Å². The summed E-state index contributed by atoms with van der Waals surface area (Å²) in [6.45, 7) is 5.36. The summed E-state index contributed by atoms with van der Waals surface area (Å²) in [7, 11) is 0. The molecule has 1 aliphatic carbocycles. The molecule has 4 unspecified atom stereocenters. The smallest absolute Gasteiger partial charge is 0.229 e. The van der Waals surface area contributed by atoms with E-state index >= 15 is 0 Å². The van der Waals surface area contributed by atoms with Crippen molar-refractivity contribution < 1.29 is 9.53 Å². The van der Waals surface area contributed by atoms with Crippen LogP contribution < -0.4 is 5.73 Å². The molecule has 1 heterocycles. The van der Waals surface area contributed by atoms with Crippen LogP contribution in [0.4, 0.5) is 0 Å². The van der Waals surface area contributed by atoms with Crippen LogP contribution in [0.1, 0.15) is 20.3 Å². The largest absolute Gasteiger partial charge is 0.375 e. The van der Waals surface area contributed by atoms with Gasteiger partial charge >= 0.3 is 0 Å². The van der Waals surface area contributed by atoms with Crippen LogP contribution in [-0.2, 0) is 9.53 Å². The van der Waals surface area contributed by atoms with Gasteiger partial charge in [-0.2, -0.15) is 0 Å². The zero-order valence-electron chi connectivity index (χ0n) is 9.93. The molecule has 4 heteroatoms. The van der Waals surface area contributed by atoms with Crippen molar-refractivity contribution in [3.63, 3.8) is 0 Å². The molecule has 4 nitrogen and oxygen atoms in total. The third-order valence-corrected chi connectivity index (χ3v) is 3.32. The van der Waals surface area contributed by atoms with Gasteiger partial charge < -0.3 is 15.4 Å². The SMILES string of the molecule is CC1CN(C(=O)C2C=CC(N)C2)C(C)CO1. The number of nitrogens with two attached hydrogens (primary N) is 1. The number of carbonyl (C=O) groups excluding carboxylic acids is 1. The van der Waals surface area contributed by atoms with Gasteiger partial charge in [-0.3, -0.25) is 4.79 Å². The number of carbonyl (C=O) groups is 1. The van der Waals surface area contributed by atoms with Gasteiger partial charge in [0.25, 0.3) is 0 Å². The van der Waals surface area contributed by atoms with Crippen molar-refractivity contribution in [2.75, 3.05) is 13.2 Å². The molecule has 0 spiro atoms. The monoisotopic (exact) mass is 224 g/mol. The molecule has 0 aromatic heterocycles. The molecule has 2 N–H and O–H groups in total. The van der Waals surface area contributed by atoms with E-state index in [1.165, 1.54) is 0 Å². The first kappa shape index (κ1) is 11.6. The van der Waals surface area contributed by atoms with E-state index in [0.717, 1.165) is 6.42 Å². The Balaban J connectivity index is 2.00. The average molecular weight is 224 g/mol. The maximum absolute atomic E-state index is 12.3. The molecule has 0 saturated carbocycles. The molecule has 1 amide bonds. The van der Waals surface area contributed by atoms with Crippen molar-refractivity contribution in [1.29, 1.82) is 0 Å². The van der Waals surface area contributed by atoms with Crippen LogP contribution in [0, 0.1) is 5.92 Å². The normalized spacial score (nSPS) is 39.1. The van der Waals surface area contributed by atoms with Crippen LogP contribution in [0.25, 0.3) is 0 Å². The minimum absolute atomic E-state index is 0.0252. The van der Waals surface area contributed by atoms with E-state index in [0.29, 0.717) is 13.2 Å². The number of ether oxygens (including phenoxy) is 1. The highest BCUT2D eigenvalue weighted by molar-refractivity contribution is 5.81. The molecule has 16 heavy (non-hydrogen) atoms. The highest BCUT2D eigenvalue weighted by Gasteiger charge is 2.33. The van der Waals surface area contributed by atoms with Gasteiger partial charge in [0.05, 0.1) is 24.7 Å². The van der Waals surface area contributed by atoms with Crippen LogP contribution in [-0.4, -0.2) is 42.1 Å². The quantitative estimate of drug-likeness (QED) is 0.661. The van der Waals surface area contributed by atoms with Crippen molar-refractivity contribution in [1.82, 2.24) is 4.90 Å². The van der Waals surface area contributed by atoms with Crippen molar-refractivity contribution in [2.45, 2.75) is 38.5 Å². The second-order valence-corrected chi connectivity index (χ2v) is 4.87. The Morgan fingerprint density at radius 1 is 1.44 bits per heavy atom. The zero-order chi connectivity index (χ0) is 11.7. The second kappa shape index (κ2) is 4.55. The van der Waals surface area contributed by atoms with E-state index in [9.17, 15) is 4.79 Å². The summed E-state index contributed by atoms with van der Waals surface area (Å²) in [5, 5.41) is 0. The first-order chi connectivity index (χ1) is 7.58. The van der Waals surface area contributed by atoms with E-state index in [4.69, 9.17) is 10.5 Å². The molecular weight excluding hydrogens is 204 g/mol. The fourth-order valence-electron chi connectivity index (χ4n) is 2.33. The topological polar surface area (TPSA) is 55.6 Å². The third kappa shape index (κ3) is 2.28. The summed E-state index contributed by atoms with van der Waals surface area (Å²) in [6.07, 6.45) is 4.76. The maximum atomic E-state index is 12.3. The average Bonchev–Trinajstić information content (AvgIpc) is 2.67. The lowest BCUT2D eigenvalue weighted by atomic mass is 10.0. The van der Waals surface area contributed by atoms with E-state index in [1.807, 2.05) is 30.9 Å². The predicted molar refractivity (Wildman–Crippen MR) is 61.8 cm³/mol. The van der Waals surface area contributed by atoms with Gasteiger partial charge in [0.15, 0.2) is 0 Å². The Labute approximate surface area is 96.4 Å². The second-order valence-electron chi connectivity index (χ2n) is 4.87. The first-order valence-corrected chi connectivity index (χ1v) is 5.94. The molecule has 1 fully saturated rings. The van der Waals surface area contributed by atoms with Crippen LogP contribution in [0.15, 0.2) is 12.2 Å². The molecule has 1 saturated heterocycles. The van der Waals surface area contributed by atoms with E-state index in [-0.39, 0.29) is 30.0 Å². The summed E-state index contributed by atoms with van der Waals surface area (Å²) < 4.78 is 5.52. The number of rotatable bonds is 1. The zero-order valence-corrected chi connectivity index (χ0v) is 9.93. The standard InChI is InChI=1S/C12H20N2O2/c1-8-7-16-9(2)6-14(8)12(15)10-3-4-11(13)5-10/h3-4,8-11H,5-7,13H2,1-2H3. The Kier molecular flexibility index (Phi) is 3.30. The molecule has 2 rings (SSSR count). The highest BCUT2D eigenvalue weighted by atomic mass is 16.5. The predicted octanol–water partition coefficient (Wildman–Crippen LogP) is 0.526. The number of nitrogens with zero attached hydrogens (tertiary/aromatic N) is 1. The van der Waals surface area contributed by atoms with Crippen LogP contribution >= 0.6 is 0 Å². The lowest BCUT2D eigenvalue weighted by Crippen LogP contribution is -2.51. The summed E-state index contributed by atoms with van der Waals surface area (Å²) >= 11 is 0. The van der Waals surface area contributed by atoms with E-state index in [2.05, 4.69) is 0 Å². The molecule has 4 atom stereocenters. The molecule has 90 valence electrons. The molecule has 1 aliphatic heterocycles. The lowest BCUT2D eigenvalue weighted by molar-refractivity contribution is -0.146. The molecule has 0 radical (unpaired) electrons. The first-order valence-electron chi connectivity index (χ1n) is 5.94. The fourth-order valence-corrected chi connectivity index (χ4v) is 2.33. The molecule has 0 aromatic carbocycles. The van der Waals surface area contributed by atoms with Crippen LogP contribution in [0.5, 0.6) is 0 Å². The summed E-state index contributed by atoms with van der Waals surface area (Å²) in [5.74, 6) is 0.176. The minimum atomic E-state index is -0.0252. The van der Waals surface area contributed by atoms with E-state index < -0.39 is 0 Å². The number of hydrogen-bond donors (Lipinski definition) is 1. The van der Waals surface area contributed by atoms with Crippen molar-refractivity contribution in [3.05, 3.63) is 12.2 Å². The Hall–Kier alpha value is -0.870. The summed E-state index contributed by atoms with van der Waals surface area (Å²) in [6, 6.07) is 0.219. The van der Waals surface area contributed by atoms with Gasteiger partial charge in [-0.1, -0.05) is 12.2 Å². The Morgan fingerprint density at radius 2 is 2.19 bits per heavy atom. The lowest BCUT2D eigenvalue weighted by Gasteiger charge is -2.38. The van der Waals surface area contributed by atoms with Crippen molar-refractivity contribution in [3.8, 4) is 0 Å². The van der Waals surface area contributed by atoms with Gasteiger partial charge in [-0.15, -0.1) is 0 Å². The van der Waals surface area contributed by atoms with Crippen molar-refractivity contribution in [2.24, 2.45) is 11.7 Å². The Morgan fingerprint density at radius 3 is 2.81 bits per heavy atom.